The predicted octanol–water partition coefficient (Wildman–Crippen LogP) is 3.19. The summed E-state index contributed by atoms with van der Waals surface area (Å²) < 4.78 is 0. The number of hydrogen-bond acceptors (Lipinski definition) is 3. The van der Waals surface area contributed by atoms with E-state index in [2.05, 4.69) is 48.4 Å². The van der Waals surface area contributed by atoms with Crippen LogP contribution in [0.1, 0.15) is 62.6 Å². The molecule has 1 aliphatic carbocycles. The van der Waals surface area contributed by atoms with Gasteiger partial charge in [-0.25, -0.2) is 0 Å². The lowest BCUT2D eigenvalue weighted by Crippen LogP contribution is -2.33. The van der Waals surface area contributed by atoms with Crippen molar-refractivity contribution in [3.8, 4) is 0 Å². The molecule has 0 bridgehead atoms. The standard InChI is InChI=1S/C17H29N3/c1-3-20(4-2)13-12-17(19-18)16-11-6-5-10-15(16)14-8-7-9-14/h5-6,10-11,14,17,19H,3-4,7-9,12-13,18H2,1-2H3. The van der Waals surface area contributed by atoms with Crippen molar-refractivity contribution in [2.45, 2.75) is 51.5 Å². The molecule has 0 spiro atoms. The van der Waals surface area contributed by atoms with E-state index < -0.39 is 0 Å². The molecule has 0 aromatic heterocycles. The molecule has 1 aliphatic rings. The molecule has 1 aromatic rings. The zero-order valence-corrected chi connectivity index (χ0v) is 12.9. The van der Waals surface area contributed by atoms with Crippen LogP contribution in [0.3, 0.4) is 0 Å². The third-order valence-corrected chi connectivity index (χ3v) is 4.75. The van der Waals surface area contributed by atoms with Crippen molar-refractivity contribution >= 4 is 0 Å². The van der Waals surface area contributed by atoms with Gasteiger partial charge in [-0.3, -0.25) is 11.3 Å². The highest BCUT2D eigenvalue weighted by atomic mass is 15.2. The number of hydrogen-bond donors (Lipinski definition) is 2. The second-order valence-corrected chi connectivity index (χ2v) is 5.79. The summed E-state index contributed by atoms with van der Waals surface area (Å²) >= 11 is 0. The first-order chi connectivity index (χ1) is 9.80. The fraction of sp³-hybridized carbons (Fsp3) is 0.647. The summed E-state index contributed by atoms with van der Waals surface area (Å²) in [5, 5.41) is 0. The van der Waals surface area contributed by atoms with E-state index in [1.807, 2.05) is 0 Å². The molecule has 1 atom stereocenters. The van der Waals surface area contributed by atoms with Crippen LogP contribution in [0.15, 0.2) is 24.3 Å². The van der Waals surface area contributed by atoms with E-state index in [1.54, 1.807) is 0 Å². The Labute approximate surface area is 123 Å². The lowest BCUT2D eigenvalue weighted by molar-refractivity contribution is 0.281. The molecule has 1 fully saturated rings. The Hall–Kier alpha value is -0.900. The fourth-order valence-electron chi connectivity index (χ4n) is 3.10. The minimum atomic E-state index is 0.271. The van der Waals surface area contributed by atoms with Gasteiger partial charge in [0.2, 0.25) is 0 Å². The highest BCUT2D eigenvalue weighted by Crippen LogP contribution is 2.39. The molecule has 0 heterocycles. The van der Waals surface area contributed by atoms with Gasteiger partial charge in [0, 0.05) is 6.04 Å². The number of benzene rings is 1. The highest BCUT2D eigenvalue weighted by Gasteiger charge is 2.24. The number of nitrogens with one attached hydrogen (secondary N) is 1. The predicted molar refractivity (Wildman–Crippen MR) is 85.5 cm³/mol. The molecule has 1 unspecified atom stereocenters. The lowest BCUT2D eigenvalue weighted by Gasteiger charge is -2.31. The van der Waals surface area contributed by atoms with Crippen LogP contribution in [0.5, 0.6) is 0 Å². The average Bonchev–Trinajstić information content (AvgIpc) is 2.43. The number of nitrogens with two attached hydrogens (primary N) is 1. The third-order valence-electron chi connectivity index (χ3n) is 4.75. The second kappa shape index (κ2) is 7.77. The van der Waals surface area contributed by atoms with Crippen LogP contribution in [0.2, 0.25) is 0 Å². The first kappa shape index (κ1) is 15.5. The molecular weight excluding hydrogens is 246 g/mol. The van der Waals surface area contributed by atoms with Gasteiger partial charge in [-0.15, -0.1) is 0 Å². The van der Waals surface area contributed by atoms with Crippen LogP contribution in [-0.2, 0) is 0 Å². The molecule has 0 saturated heterocycles. The summed E-state index contributed by atoms with van der Waals surface area (Å²) in [5.41, 5.74) is 5.96. The Morgan fingerprint density at radius 1 is 1.25 bits per heavy atom. The Morgan fingerprint density at radius 3 is 2.50 bits per heavy atom. The van der Waals surface area contributed by atoms with Crippen molar-refractivity contribution < 1.29 is 0 Å². The molecule has 3 heteroatoms. The van der Waals surface area contributed by atoms with Crippen LogP contribution in [0, 0.1) is 0 Å². The monoisotopic (exact) mass is 275 g/mol. The summed E-state index contributed by atoms with van der Waals surface area (Å²) in [6.07, 6.45) is 5.12. The van der Waals surface area contributed by atoms with Crippen molar-refractivity contribution in [1.29, 1.82) is 0 Å². The maximum absolute atomic E-state index is 5.83. The van der Waals surface area contributed by atoms with Crippen molar-refractivity contribution in [1.82, 2.24) is 10.3 Å². The minimum Gasteiger partial charge on any atom is -0.304 e. The van der Waals surface area contributed by atoms with E-state index in [-0.39, 0.29) is 6.04 Å². The Bertz CT molecular complexity index is 397. The van der Waals surface area contributed by atoms with Gasteiger partial charge in [-0.2, -0.15) is 0 Å². The molecular formula is C17H29N3. The fourth-order valence-corrected chi connectivity index (χ4v) is 3.10. The first-order valence-corrected chi connectivity index (χ1v) is 8.07. The summed E-state index contributed by atoms with van der Waals surface area (Å²) in [6.45, 7) is 7.75. The van der Waals surface area contributed by atoms with Crippen LogP contribution >= 0.6 is 0 Å². The van der Waals surface area contributed by atoms with Crippen LogP contribution in [-0.4, -0.2) is 24.5 Å². The van der Waals surface area contributed by atoms with E-state index in [9.17, 15) is 0 Å². The lowest BCUT2D eigenvalue weighted by atomic mass is 9.77. The van der Waals surface area contributed by atoms with Gasteiger partial charge in [-0.1, -0.05) is 44.5 Å². The smallest absolute Gasteiger partial charge is 0.0475 e. The number of rotatable bonds is 8. The van der Waals surface area contributed by atoms with Crippen molar-refractivity contribution in [2.75, 3.05) is 19.6 Å². The number of hydrazine groups is 1. The zero-order chi connectivity index (χ0) is 14.4. The van der Waals surface area contributed by atoms with Gasteiger partial charge < -0.3 is 4.90 Å². The van der Waals surface area contributed by atoms with Gasteiger partial charge in [0.25, 0.3) is 0 Å². The SMILES string of the molecule is CCN(CC)CCC(NN)c1ccccc1C1CCC1. The van der Waals surface area contributed by atoms with Crippen molar-refractivity contribution in [3.05, 3.63) is 35.4 Å². The maximum Gasteiger partial charge on any atom is 0.0475 e. The minimum absolute atomic E-state index is 0.271. The van der Waals surface area contributed by atoms with E-state index in [0.29, 0.717) is 0 Å². The maximum atomic E-state index is 5.83. The first-order valence-electron chi connectivity index (χ1n) is 8.07. The van der Waals surface area contributed by atoms with E-state index >= 15 is 0 Å². The largest absolute Gasteiger partial charge is 0.304 e. The van der Waals surface area contributed by atoms with Gasteiger partial charge in [0.1, 0.15) is 0 Å². The molecule has 112 valence electrons. The molecule has 2 rings (SSSR count). The van der Waals surface area contributed by atoms with E-state index in [1.165, 1.54) is 30.4 Å². The molecule has 3 N–H and O–H groups in total. The molecule has 0 amide bonds. The molecule has 0 radical (unpaired) electrons. The zero-order valence-electron chi connectivity index (χ0n) is 12.9. The molecule has 0 aliphatic heterocycles. The topological polar surface area (TPSA) is 41.3 Å². The van der Waals surface area contributed by atoms with Gasteiger partial charge >= 0.3 is 0 Å². The van der Waals surface area contributed by atoms with Crippen molar-refractivity contribution in [3.63, 3.8) is 0 Å². The normalized spacial score (nSPS) is 17.2. The van der Waals surface area contributed by atoms with E-state index in [4.69, 9.17) is 5.84 Å². The molecule has 3 nitrogen and oxygen atoms in total. The van der Waals surface area contributed by atoms with Gasteiger partial charge in [0.05, 0.1) is 0 Å². The van der Waals surface area contributed by atoms with Gasteiger partial charge in [-0.05, 0) is 55.9 Å². The quantitative estimate of drug-likeness (QED) is 0.565. The molecule has 1 saturated carbocycles. The highest BCUT2D eigenvalue weighted by molar-refractivity contribution is 5.34. The third kappa shape index (κ3) is 3.60. The average molecular weight is 275 g/mol. The summed E-state index contributed by atoms with van der Waals surface area (Å²) in [6, 6.07) is 9.11. The summed E-state index contributed by atoms with van der Waals surface area (Å²) in [7, 11) is 0. The van der Waals surface area contributed by atoms with Crippen LogP contribution in [0.4, 0.5) is 0 Å². The second-order valence-electron chi connectivity index (χ2n) is 5.79. The van der Waals surface area contributed by atoms with Crippen molar-refractivity contribution in [2.24, 2.45) is 5.84 Å². The summed E-state index contributed by atoms with van der Waals surface area (Å²) in [4.78, 5) is 2.45. The van der Waals surface area contributed by atoms with Crippen LogP contribution in [0.25, 0.3) is 0 Å². The summed E-state index contributed by atoms with van der Waals surface area (Å²) in [5.74, 6) is 6.59. The Morgan fingerprint density at radius 2 is 1.95 bits per heavy atom. The Balaban J connectivity index is 2.06. The van der Waals surface area contributed by atoms with E-state index in [0.717, 1.165) is 32.0 Å². The molecule has 20 heavy (non-hydrogen) atoms. The van der Waals surface area contributed by atoms with Gasteiger partial charge in [0.15, 0.2) is 0 Å². The van der Waals surface area contributed by atoms with Crippen LogP contribution < -0.4 is 11.3 Å². The number of nitrogens with zero attached hydrogens (tertiary/aromatic N) is 1. The Kier molecular flexibility index (Phi) is 6.02. The molecule has 1 aromatic carbocycles.